The molecule has 0 aliphatic rings. The van der Waals surface area contributed by atoms with Gasteiger partial charge in [0.25, 0.3) is 0 Å². The van der Waals surface area contributed by atoms with Crippen molar-refractivity contribution in [3.05, 3.63) is 18.2 Å². The van der Waals surface area contributed by atoms with Gasteiger partial charge < -0.3 is 10.3 Å². The monoisotopic (exact) mass is 260 g/mol. The van der Waals surface area contributed by atoms with Gasteiger partial charge in [-0.1, -0.05) is 6.92 Å². The molecule has 0 aromatic carbocycles. The fourth-order valence-electron chi connectivity index (χ4n) is 1.36. The molecular formula is C10H20N4O2S. The van der Waals surface area contributed by atoms with Crippen LogP contribution in [0, 0.1) is 0 Å². The Balaban J connectivity index is 2.17. The number of rotatable bonds is 9. The molecular weight excluding hydrogens is 240 g/mol. The zero-order valence-corrected chi connectivity index (χ0v) is 10.9. The highest BCUT2D eigenvalue weighted by Gasteiger charge is 2.09. The third kappa shape index (κ3) is 6.40. The fraction of sp³-hybridized carbons (Fsp3) is 0.700. The molecule has 1 heterocycles. The number of aromatic amines is 1. The third-order valence-corrected chi connectivity index (χ3v) is 3.71. The second-order valence-electron chi connectivity index (χ2n) is 3.78. The van der Waals surface area contributed by atoms with Crippen LogP contribution in [0.4, 0.5) is 0 Å². The molecule has 1 aromatic rings. The topological polar surface area (TPSA) is 86.9 Å². The van der Waals surface area contributed by atoms with Gasteiger partial charge in [0.15, 0.2) is 0 Å². The first-order valence-corrected chi connectivity index (χ1v) is 7.44. The number of hydrogen-bond acceptors (Lipinski definition) is 4. The summed E-state index contributed by atoms with van der Waals surface area (Å²) in [6, 6.07) is 0. The number of sulfonamides is 1. The van der Waals surface area contributed by atoms with E-state index in [4.69, 9.17) is 0 Å². The summed E-state index contributed by atoms with van der Waals surface area (Å²) in [5.74, 6) is 0.173. The maximum atomic E-state index is 11.6. The molecule has 0 fully saturated rings. The summed E-state index contributed by atoms with van der Waals surface area (Å²) in [5.41, 5.74) is 0.765. The van der Waals surface area contributed by atoms with Crippen LogP contribution in [-0.2, 0) is 16.6 Å². The van der Waals surface area contributed by atoms with Gasteiger partial charge in [-0.05, 0) is 25.9 Å². The van der Waals surface area contributed by atoms with Gasteiger partial charge in [-0.2, -0.15) is 0 Å². The molecule has 0 unspecified atom stereocenters. The Morgan fingerprint density at radius 2 is 2.24 bits per heavy atom. The predicted octanol–water partition coefficient (Wildman–Crippen LogP) is 0.219. The average Bonchev–Trinajstić information content (AvgIpc) is 2.79. The first kappa shape index (κ1) is 14.1. The Kier molecular flexibility index (Phi) is 6.17. The van der Waals surface area contributed by atoms with E-state index in [-0.39, 0.29) is 12.3 Å². The highest BCUT2D eigenvalue weighted by molar-refractivity contribution is 7.89. The molecule has 17 heavy (non-hydrogen) atoms. The molecule has 0 amide bonds. The molecule has 0 bridgehead atoms. The van der Waals surface area contributed by atoms with Crippen molar-refractivity contribution in [3.8, 4) is 0 Å². The highest BCUT2D eigenvalue weighted by atomic mass is 32.2. The lowest BCUT2D eigenvalue weighted by Crippen LogP contribution is -2.26. The molecule has 0 saturated carbocycles. The van der Waals surface area contributed by atoms with E-state index < -0.39 is 10.0 Å². The quantitative estimate of drug-likeness (QED) is 0.554. The summed E-state index contributed by atoms with van der Waals surface area (Å²) in [5, 5.41) is 3.16. The van der Waals surface area contributed by atoms with Crippen LogP contribution < -0.4 is 10.0 Å². The summed E-state index contributed by atoms with van der Waals surface area (Å²) in [7, 11) is -3.17. The standard InChI is InChI=1S/C10H20N4O2S/c1-2-11-5-3-4-6-17(15,16)14-8-10-7-12-9-13-10/h7,9,11,14H,2-6,8H2,1H3,(H,12,13). The molecule has 3 N–H and O–H groups in total. The number of nitrogens with zero attached hydrogens (tertiary/aromatic N) is 1. The van der Waals surface area contributed by atoms with E-state index in [1.807, 2.05) is 6.92 Å². The molecule has 6 nitrogen and oxygen atoms in total. The zero-order valence-electron chi connectivity index (χ0n) is 10.1. The third-order valence-electron chi connectivity index (χ3n) is 2.30. The van der Waals surface area contributed by atoms with E-state index in [0.717, 1.165) is 25.2 Å². The van der Waals surface area contributed by atoms with Gasteiger partial charge >= 0.3 is 0 Å². The van der Waals surface area contributed by atoms with Crippen LogP contribution in [0.2, 0.25) is 0 Å². The number of aromatic nitrogens is 2. The normalized spacial score (nSPS) is 11.8. The summed E-state index contributed by atoms with van der Waals surface area (Å²) in [6.07, 6.45) is 4.68. The van der Waals surface area contributed by atoms with Crippen LogP contribution in [0.15, 0.2) is 12.5 Å². The van der Waals surface area contributed by atoms with Gasteiger partial charge in [-0.25, -0.2) is 18.1 Å². The van der Waals surface area contributed by atoms with Crippen molar-refractivity contribution in [2.24, 2.45) is 0 Å². The predicted molar refractivity (Wildman–Crippen MR) is 67.0 cm³/mol. The Labute approximate surface area is 102 Å². The molecule has 0 spiro atoms. The summed E-state index contributed by atoms with van der Waals surface area (Å²) in [4.78, 5) is 6.67. The van der Waals surface area contributed by atoms with E-state index in [1.54, 1.807) is 6.20 Å². The molecule has 0 aliphatic carbocycles. The van der Waals surface area contributed by atoms with Crippen molar-refractivity contribution in [3.63, 3.8) is 0 Å². The van der Waals surface area contributed by atoms with Crippen molar-refractivity contribution < 1.29 is 8.42 Å². The SMILES string of the molecule is CCNCCCCS(=O)(=O)NCc1cnc[nH]1. The number of imidazole rings is 1. The molecule has 0 saturated heterocycles. The first-order chi connectivity index (χ1) is 8.14. The lowest BCUT2D eigenvalue weighted by Gasteiger charge is -2.05. The van der Waals surface area contributed by atoms with Crippen LogP contribution in [0.5, 0.6) is 0 Å². The van der Waals surface area contributed by atoms with Gasteiger partial charge in [0.1, 0.15) is 0 Å². The minimum atomic E-state index is -3.17. The lowest BCUT2D eigenvalue weighted by atomic mass is 10.3. The summed E-state index contributed by atoms with van der Waals surface area (Å²) in [6.45, 7) is 4.09. The van der Waals surface area contributed by atoms with Crippen LogP contribution in [0.3, 0.4) is 0 Å². The van der Waals surface area contributed by atoms with Gasteiger partial charge in [0.05, 0.1) is 18.6 Å². The maximum Gasteiger partial charge on any atom is 0.211 e. The van der Waals surface area contributed by atoms with Crippen LogP contribution in [0.1, 0.15) is 25.5 Å². The number of nitrogens with one attached hydrogen (secondary N) is 3. The Bertz CT molecular complexity index is 388. The van der Waals surface area contributed by atoms with E-state index in [1.165, 1.54) is 6.33 Å². The zero-order chi connectivity index (χ0) is 12.6. The Morgan fingerprint density at radius 3 is 2.88 bits per heavy atom. The van der Waals surface area contributed by atoms with Gasteiger partial charge in [-0.3, -0.25) is 0 Å². The van der Waals surface area contributed by atoms with Crippen LogP contribution in [0.25, 0.3) is 0 Å². The molecule has 1 aromatic heterocycles. The van der Waals surface area contributed by atoms with Crippen molar-refractivity contribution in [1.29, 1.82) is 0 Å². The molecule has 98 valence electrons. The minimum absolute atomic E-state index is 0.173. The van der Waals surface area contributed by atoms with E-state index >= 15 is 0 Å². The number of hydrogen-bond donors (Lipinski definition) is 3. The van der Waals surface area contributed by atoms with E-state index in [2.05, 4.69) is 20.0 Å². The number of unbranched alkanes of at least 4 members (excludes halogenated alkanes) is 1. The van der Waals surface area contributed by atoms with E-state index in [0.29, 0.717) is 6.42 Å². The van der Waals surface area contributed by atoms with Gasteiger partial charge in [-0.15, -0.1) is 0 Å². The average molecular weight is 260 g/mol. The van der Waals surface area contributed by atoms with Crippen molar-refractivity contribution >= 4 is 10.0 Å². The maximum absolute atomic E-state index is 11.6. The second-order valence-corrected chi connectivity index (χ2v) is 5.70. The molecule has 0 radical (unpaired) electrons. The van der Waals surface area contributed by atoms with E-state index in [9.17, 15) is 8.42 Å². The number of H-pyrrole nitrogens is 1. The second kappa shape index (κ2) is 7.41. The smallest absolute Gasteiger partial charge is 0.211 e. The fourth-order valence-corrected chi connectivity index (χ4v) is 2.46. The van der Waals surface area contributed by atoms with Gasteiger partial charge in [0, 0.05) is 11.9 Å². The van der Waals surface area contributed by atoms with Crippen molar-refractivity contribution in [2.75, 3.05) is 18.8 Å². The molecule has 0 aliphatic heterocycles. The van der Waals surface area contributed by atoms with Crippen molar-refractivity contribution in [1.82, 2.24) is 20.0 Å². The van der Waals surface area contributed by atoms with Crippen LogP contribution >= 0.6 is 0 Å². The molecule has 7 heteroatoms. The van der Waals surface area contributed by atoms with Gasteiger partial charge in [0.2, 0.25) is 10.0 Å². The van der Waals surface area contributed by atoms with Crippen LogP contribution in [-0.4, -0.2) is 37.2 Å². The Morgan fingerprint density at radius 1 is 1.41 bits per heavy atom. The van der Waals surface area contributed by atoms with Crippen molar-refractivity contribution in [2.45, 2.75) is 26.3 Å². The molecule has 1 rings (SSSR count). The Hall–Kier alpha value is -0.920. The highest BCUT2D eigenvalue weighted by Crippen LogP contribution is 1.96. The largest absolute Gasteiger partial charge is 0.347 e. The minimum Gasteiger partial charge on any atom is -0.347 e. The summed E-state index contributed by atoms with van der Waals surface area (Å²) >= 11 is 0. The first-order valence-electron chi connectivity index (χ1n) is 5.79. The summed E-state index contributed by atoms with van der Waals surface area (Å²) < 4.78 is 25.7. The molecule has 0 atom stereocenters. The lowest BCUT2D eigenvalue weighted by molar-refractivity contribution is 0.573.